The third-order valence-electron chi connectivity index (χ3n) is 2.68. The number of anilines is 2. The molecule has 1 aromatic heterocycles. The monoisotopic (exact) mass is 269 g/mol. The molecule has 0 saturated heterocycles. The van der Waals surface area contributed by atoms with Crippen molar-refractivity contribution < 1.29 is 9.59 Å². The first-order chi connectivity index (χ1) is 9.54. The molecule has 1 heterocycles. The predicted molar refractivity (Wildman–Crippen MR) is 78.1 cm³/mol. The molecule has 0 aliphatic heterocycles. The van der Waals surface area contributed by atoms with Gasteiger partial charge in [-0.15, -0.1) is 0 Å². The third-order valence-corrected chi connectivity index (χ3v) is 2.68. The predicted octanol–water partition coefficient (Wildman–Crippen LogP) is 3.24. The molecular weight excluding hydrogens is 254 g/mol. The average molecular weight is 269 g/mol. The lowest BCUT2D eigenvalue weighted by molar-refractivity contribution is 0.101. The Bertz CT molecular complexity index is 653. The van der Waals surface area contributed by atoms with Crippen LogP contribution in [-0.4, -0.2) is 16.8 Å². The number of amides is 2. The smallest absolute Gasteiger partial charge is 0.308 e. The highest BCUT2D eigenvalue weighted by Gasteiger charge is 2.05. The number of nitrogens with one attached hydrogen (secondary N) is 2. The van der Waals surface area contributed by atoms with Gasteiger partial charge in [-0.25, -0.2) is 9.78 Å². The molecule has 2 rings (SSSR count). The number of rotatable bonds is 3. The van der Waals surface area contributed by atoms with Crippen LogP contribution in [-0.2, 0) is 0 Å². The van der Waals surface area contributed by atoms with E-state index in [0.29, 0.717) is 17.1 Å². The normalized spacial score (nSPS) is 9.90. The molecule has 0 saturated carbocycles. The first-order valence-corrected chi connectivity index (χ1v) is 6.16. The van der Waals surface area contributed by atoms with E-state index in [1.54, 1.807) is 36.5 Å². The Hall–Kier alpha value is -2.69. The number of Topliss-reactive ketones (excluding diaryl/α,β-unsaturated/α-hetero) is 1. The van der Waals surface area contributed by atoms with Crippen LogP contribution in [0.5, 0.6) is 0 Å². The van der Waals surface area contributed by atoms with Crippen molar-refractivity contribution in [3.63, 3.8) is 0 Å². The summed E-state index contributed by atoms with van der Waals surface area (Å²) in [5, 5.41) is 5.30. The van der Waals surface area contributed by atoms with Gasteiger partial charge in [-0.3, -0.25) is 10.1 Å². The molecule has 0 aliphatic rings. The van der Waals surface area contributed by atoms with Crippen LogP contribution in [0.25, 0.3) is 0 Å². The number of ketones is 1. The molecule has 0 fully saturated rings. The molecule has 102 valence electrons. The van der Waals surface area contributed by atoms with Crippen LogP contribution in [0.2, 0.25) is 0 Å². The van der Waals surface area contributed by atoms with E-state index in [1.807, 2.05) is 13.0 Å². The van der Waals surface area contributed by atoms with E-state index >= 15 is 0 Å². The summed E-state index contributed by atoms with van der Waals surface area (Å²) >= 11 is 0. The molecule has 0 bridgehead atoms. The number of pyridine rings is 1. The van der Waals surface area contributed by atoms with Gasteiger partial charge in [0.2, 0.25) is 0 Å². The minimum atomic E-state index is -0.399. The van der Waals surface area contributed by atoms with Gasteiger partial charge in [0, 0.05) is 17.4 Å². The van der Waals surface area contributed by atoms with Crippen molar-refractivity contribution in [2.75, 3.05) is 10.6 Å². The van der Waals surface area contributed by atoms with Gasteiger partial charge < -0.3 is 5.32 Å². The van der Waals surface area contributed by atoms with Crippen molar-refractivity contribution in [1.82, 2.24) is 4.98 Å². The van der Waals surface area contributed by atoms with Crippen LogP contribution in [0.1, 0.15) is 22.8 Å². The summed E-state index contributed by atoms with van der Waals surface area (Å²) in [7, 11) is 0. The molecule has 5 heteroatoms. The Kier molecular flexibility index (Phi) is 4.10. The molecule has 2 N–H and O–H groups in total. The quantitative estimate of drug-likeness (QED) is 0.840. The van der Waals surface area contributed by atoms with Crippen LogP contribution >= 0.6 is 0 Å². The Morgan fingerprint density at radius 2 is 1.90 bits per heavy atom. The molecule has 2 amide bonds. The van der Waals surface area contributed by atoms with Crippen LogP contribution in [0.15, 0.2) is 42.6 Å². The molecule has 0 atom stereocenters. The number of nitrogens with zero attached hydrogens (tertiary/aromatic N) is 1. The fourth-order valence-electron chi connectivity index (χ4n) is 1.70. The highest BCUT2D eigenvalue weighted by Crippen LogP contribution is 2.12. The van der Waals surface area contributed by atoms with Gasteiger partial charge in [0.1, 0.15) is 5.82 Å². The van der Waals surface area contributed by atoms with Crippen molar-refractivity contribution in [3.8, 4) is 0 Å². The molecular formula is C15H15N3O2. The molecule has 0 unspecified atom stereocenters. The molecule has 1 aromatic carbocycles. The zero-order valence-corrected chi connectivity index (χ0v) is 11.3. The molecule has 0 aliphatic carbocycles. The van der Waals surface area contributed by atoms with Gasteiger partial charge in [-0.1, -0.05) is 12.1 Å². The highest BCUT2D eigenvalue weighted by atomic mass is 16.2. The number of benzene rings is 1. The second-order valence-corrected chi connectivity index (χ2v) is 4.43. The minimum absolute atomic E-state index is 0.0468. The van der Waals surface area contributed by atoms with Crippen LogP contribution in [0.4, 0.5) is 16.3 Å². The lowest BCUT2D eigenvalue weighted by atomic mass is 10.1. The topological polar surface area (TPSA) is 71.1 Å². The Labute approximate surface area is 117 Å². The Morgan fingerprint density at radius 3 is 2.60 bits per heavy atom. The number of carbonyl (C=O) groups is 2. The zero-order valence-electron chi connectivity index (χ0n) is 11.3. The summed E-state index contributed by atoms with van der Waals surface area (Å²) in [6.07, 6.45) is 1.63. The lowest BCUT2D eigenvalue weighted by Gasteiger charge is -2.08. The van der Waals surface area contributed by atoms with E-state index in [-0.39, 0.29) is 5.78 Å². The molecule has 2 aromatic rings. The van der Waals surface area contributed by atoms with E-state index in [9.17, 15) is 9.59 Å². The number of aromatic nitrogens is 1. The maximum Gasteiger partial charge on any atom is 0.324 e. The summed E-state index contributed by atoms with van der Waals surface area (Å²) in [4.78, 5) is 27.1. The third kappa shape index (κ3) is 3.65. The minimum Gasteiger partial charge on any atom is -0.308 e. The lowest BCUT2D eigenvalue weighted by Crippen LogP contribution is -2.20. The standard InChI is InChI=1S/C15H15N3O2/c1-10-6-7-16-14(8-10)18-15(20)17-13-5-3-4-12(9-13)11(2)19/h3-9H,1-2H3,(H2,16,17,18,20). The van der Waals surface area contributed by atoms with E-state index < -0.39 is 6.03 Å². The van der Waals surface area contributed by atoms with Crippen LogP contribution in [0.3, 0.4) is 0 Å². The summed E-state index contributed by atoms with van der Waals surface area (Å²) in [6, 6.07) is 9.99. The maximum atomic E-state index is 11.8. The van der Waals surface area contributed by atoms with Crippen LogP contribution < -0.4 is 10.6 Å². The fourth-order valence-corrected chi connectivity index (χ4v) is 1.70. The highest BCUT2D eigenvalue weighted by molar-refractivity contribution is 6.00. The number of urea groups is 1. The van der Waals surface area contributed by atoms with Crippen molar-refractivity contribution in [2.45, 2.75) is 13.8 Å². The fraction of sp³-hybridized carbons (Fsp3) is 0.133. The largest absolute Gasteiger partial charge is 0.324 e. The maximum absolute atomic E-state index is 11.8. The second-order valence-electron chi connectivity index (χ2n) is 4.43. The summed E-state index contributed by atoms with van der Waals surface area (Å²) < 4.78 is 0. The molecule has 0 spiro atoms. The summed E-state index contributed by atoms with van der Waals surface area (Å²) in [5.41, 5.74) is 2.12. The molecule has 20 heavy (non-hydrogen) atoms. The van der Waals surface area contributed by atoms with Gasteiger partial charge in [0.25, 0.3) is 0 Å². The van der Waals surface area contributed by atoms with Gasteiger partial charge in [0.05, 0.1) is 0 Å². The van der Waals surface area contributed by atoms with E-state index in [4.69, 9.17) is 0 Å². The Morgan fingerprint density at radius 1 is 1.10 bits per heavy atom. The zero-order chi connectivity index (χ0) is 14.5. The average Bonchev–Trinajstić information content (AvgIpc) is 2.38. The number of hydrogen-bond donors (Lipinski definition) is 2. The van der Waals surface area contributed by atoms with Crippen molar-refractivity contribution in [1.29, 1.82) is 0 Å². The van der Waals surface area contributed by atoms with E-state index in [0.717, 1.165) is 5.56 Å². The van der Waals surface area contributed by atoms with Gasteiger partial charge in [0.15, 0.2) is 5.78 Å². The first kappa shape index (κ1) is 13.7. The number of carbonyl (C=O) groups excluding carboxylic acids is 2. The van der Waals surface area contributed by atoms with Gasteiger partial charge >= 0.3 is 6.03 Å². The summed E-state index contributed by atoms with van der Waals surface area (Å²) in [5.74, 6) is 0.430. The van der Waals surface area contributed by atoms with Crippen molar-refractivity contribution >= 4 is 23.3 Å². The van der Waals surface area contributed by atoms with Gasteiger partial charge in [-0.2, -0.15) is 0 Å². The molecule has 5 nitrogen and oxygen atoms in total. The number of hydrogen-bond acceptors (Lipinski definition) is 3. The molecule has 0 radical (unpaired) electrons. The Balaban J connectivity index is 2.04. The second kappa shape index (κ2) is 5.97. The van der Waals surface area contributed by atoms with Crippen molar-refractivity contribution in [2.24, 2.45) is 0 Å². The SMILES string of the molecule is CC(=O)c1cccc(NC(=O)Nc2cc(C)ccn2)c1. The van der Waals surface area contributed by atoms with Crippen molar-refractivity contribution in [3.05, 3.63) is 53.7 Å². The first-order valence-electron chi connectivity index (χ1n) is 6.16. The van der Waals surface area contributed by atoms with Gasteiger partial charge in [-0.05, 0) is 43.7 Å². The van der Waals surface area contributed by atoms with E-state index in [1.165, 1.54) is 6.92 Å². The van der Waals surface area contributed by atoms with E-state index in [2.05, 4.69) is 15.6 Å². The van der Waals surface area contributed by atoms with Crippen LogP contribution in [0, 0.1) is 6.92 Å². The summed E-state index contributed by atoms with van der Waals surface area (Å²) in [6.45, 7) is 3.40. The number of aryl methyl sites for hydroxylation is 1.